The summed E-state index contributed by atoms with van der Waals surface area (Å²) in [4.78, 5) is 0. The molecular weight excluding hydrogens is 276 g/mol. The van der Waals surface area contributed by atoms with Crippen molar-refractivity contribution in [3.63, 3.8) is 0 Å². The van der Waals surface area contributed by atoms with E-state index < -0.39 is 10.4 Å². The van der Waals surface area contributed by atoms with Crippen molar-refractivity contribution in [1.82, 2.24) is 0 Å². The first-order valence-corrected chi connectivity index (χ1v) is 9.54. The van der Waals surface area contributed by atoms with Gasteiger partial charge in [0.2, 0.25) is 0 Å². The highest BCUT2D eigenvalue weighted by Gasteiger charge is 2.02. The third kappa shape index (κ3) is 17.9. The molecule has 0 aliphatic carbocycles. The maximum atomic E-state index is 10.3. The molecule has 0 bridgehead atoms. The van der Waals surface area contributed by atoms with Gasteiger partial charge in [-0.05, 0) is 6.42 Å². The van der Waals surface area contributed by atoms with Gasteiger partial charge in [0, 0.05) is 0 Å². The van der Waals surface area contributed by atoms with Gasteiger partial charge >= 0.3 is 10.4 Å². The van der Waals surface area contributed by atoms with Gasteiger partial charge in [0.1, 0.15) is 0 Å². The Morgan fingerprint density at radius 3 is 1.40 bits per heavy atom. The van der Waals surface area contributed by atoms with Crippen molar-refractivity contribution in [1.29, 1.82) is 0 Å². The molecule has 0 aromatic rings. The average molecular weight is 308 g/mol. The third-order valence-corrected chi connectivity index (χ3v) is 3.94. The van der Waals surface area contributed by atoms with E-state index in [2.05, 4.69) is 11.1 Å². The SMILES string of the molecule is CCCCCCCCCCCCCCCOS(=O)(=O)O. The quantitative estimate of drug-likeness (QED) is 0.345. The molecule has 5 heteroatoms. The van der Waals surface area contributed by atoms with Crippen molar-refractivity contribution < 1.29 is 17.2 Å². The first kappa shape index (κ1) is 19.9. The molecule has 0 atom stereocenters. The molecule has 0 aromatic carbocycles. The zero-order valence-corrected chi connectivity index (χ0v) is 13.8. The molecule has 0 radical (unpaired) electrons. The van der Waals surface area contributed by atoms with Crippen LogP contribution in [0.25, 0.3) is 0 Å². The molecule has 0 amide bonds. The third-order valence-electron chi connectivity index (χ3n) is 3.48. The van der Waals surface area contributed by atoms with Crippen LogP contribution in [0, 0.1) is 0 Å². The lowest BCUT2D eigenvalue weighted by Gasteiger charge is -2.03. The van der Waals surface area contributed by atoms with E-state index in [0.29, 0.717) is 6.42 Å². The summed E-state index contributed by atoms with van der Waals surface area (Å²) in [7, 11) is -4.24. The summed E-state index contributed by atoms with van der Waals surface area (Å²) in [5, 5.41) is 0. The van der Waals surface area contributed by atoms with E-state index in [0.717, 1.165) is 12.8 Å². The van der Waals surface area contributed by atoms with Crippen molar-refractivity contribution in [2.45, 2.75) is 90.4 Å². The Morgan fingerprint density at radius 1 is 0.700 bits per heavy atom. The number of hydrogen-bond acceptors (Lipinski definition) is 3. The van der Waals surface area contributed by atoms with Crippen molar-refractivity contribution in [2.24, 2.45) is 0 Å². The smallest absolute Gasteiger partial charge is 0.264 e. The van der Waals surface area contributed by atoms with Crippen LogP contribution in [0.2, 0.25) is 0 Å². The molecule has 0 aliphatic rings. The summed E-state index contributed by atoms with van der Waals surface area (Å²) in [5.41, 5.74) is 0. The van der Waals surface area contributed by atoms with E-state index >= 15 is 0 Å². The van der Waals surface area contributed by atoms with Crippen molar-refractivity contribution in [2.75, 3.05) is 6.61 Å². The van der Waals surface area contributed by atoms with Gasteiger partial charge in [0.25, 0.3) is 0 Å². The van der Waals surface area contributed by atoms with Crippen LogP contribution in [0.1, 0.15) is 90.4 Å². The van der Waals surface area contributed by atoms with E-state index in [-0.39, 0.29) is 6.61 Å². The van der Waals surface area contributed by atoms with Crippen LogP contribution in [0.15, 0.2) is 0 Å². The maximum absolute atomic E-state index is 10.3. The van der Waals surface area contributed by atoms with Crippen molar-refractivity contribution in [3.05, 3.63) is 0 Å². The molecule has 0 spiro atoms. The molecule has 0 unspecified atom stereocenters. The number of unbranched alkanes of at least 4 members (excludes halogenated alkanes) is 12. The van der Waals surface area contributed by atoms with Gasteiger partial charge in [-0.3, -0.25) is 4.55 Å². The largest absolute Gasteiger partial charge is 0.397 e. The second kappa shape index (κ2) is 13.8. The lowest BCUT2D eigenvalue weighted by atomic mass is 10.0. The van der Waals surface area contributed by atoms with Gasteiger partial charge in [-0.2, -0.15) is 8.42 Å². The molecule has 122 valence electrons. The molecule has 0 fully saturated rings. The van der Waals surface area contributed by atoms with Gasteiger partial charge in [-0.15, -0.1) is 0 Å². The van der Waals surface area contributed by atoms with Crippen molar-refractivity contribution in [3.8, 4) is 0 Å². The second-order valence-electron chi connectivity index (χ2n) is 5.49. The topological polar surface area (TPSA) is 63.6 Å². The number of hydrogen-bond donors (Lipinski definition) is 1. The van der Waals surface area contributed by atoms with Crippen LogP contribution in [0.4, 0.5) is 0 Å². The molecule has 0 saturated carbocycles. The minimum atomic E-state index is -4.24. The van der Waals surface area contributed by atoms with Gasteiger partial charge < -0.3 is 0 Å². The highest BCUT2D eigenvalue weighted by Crippen LogP contribution is 2.12. The van der Waals surface area contributed by atoms with Gasteiger partial charge in [0.05, 0.1) is 6.61 Å². The normalized spacial score (nSPS) is 11.9. The van der Waals surface area contributed by atoms with Crippen LogP contribution in [-0.2, 0) is 14.6 Å². The molecule has 0 heterocycles. The molecule has 1 N–H and O–H groups in total. The van der Waals surface area contributed by atoms with E-state index in [4.69, 9.17) is 4.55 Å². The van der Waals surface area contributed by atoms with Gasteiger partial charge in [-0.25, -0.2) is 4.18 Å². The molecule has 0 rings (SSSR count). The maximum Gasteiger partial charge on any atom is 0.397 e. The fourth-order valence-electron chi connectivity index (χ4n) is 2.28. The Kier molecular flexibility index (Phi) is 13.7. The standard InChI is InChI=1S/C15H32O4S/c1-2-3-4-5-6-7-8-9-10-11-12-13-14-15-19-20(16,17)18/h2-15H2,1H3,(H,16,17,18). The van der Waals surface area contributed by atoms with Crippen LogP contribution in [-0.4, -0.2) is 19.6 Å². The minimum Gasteiger partial charge on any atom is -0.264 e. The summed E-state index contributed by atoms with van der Waals surface area (Å²) >= 11 is 0. The monoisotopic (exact) mass is 308 g/mol. The summed E-state index contributed by atoms with van der Waals surface area (Å²) in [6.45, 7) is 2.34. The lowest BCUT2D eigenvalue weighted by Crippen LogP contribution is -2.04. The van der Waals surface area contributed by atoms with Crippen LogP contribution >= 0.6 is 0 Å². The van der Waals surface area contributed by atoms with E-state index in [1.165, 1.54) is 64.2 Å². The van der Waals surface area contributed by atoms with Crippen LogP contribution in [0.5, 0.6) is 0 Å². The highest BCUT2D eigenvalue weighted by molar-refractivity contribution is 7.80. The Bertz CT molecular complexity index is 288. The molecule has 0 aliphatic heterocycles. The molecular formula is C15H32O4S. The predicted octanol–water partition coefficient (Wildman–Crippen LogP) is 4.90. The first-order chi connectivity index (χ1) is 9.56. The fourth-order valence-corrected chi connectivity index (χ4v) is 2.61. The summed E-state index contributed by atoms with van der Waals surface area (Å²) in [5.74, 6) is 0. The number of rotatable bonds is 15. The Morgan fingerprint density at radius 2 is 1.05 bits per heavy atom. The van der Waals surface area contributed by atoms with Gasteiger partial charge in [-0.1, -0.05) is 84.0 Å². The fraction of sp³-hybridized carbons (Fsp3) is 1.00. The zero-order valence-electron chi connectivity index (χ0n) is 13.0. The second-order valence-corrected chi connectivity index (χ2v) is 6.58. The van der Waals surface area contributed by atoms with Gasteiger partial charge in [0.15, 0.2) is 0 Å². The first-order valence-electron chi connectivity index (χ1n) is 8.18. The Labute approximate surface area is 125 Å². The summed E-state index contributed by atoms with van der Waals surface area (Å²) in [6, 6.07) is 0. The Hall–Kier alpha value is -0.130. The van der Waals surface area contributed by atoms with E-state index in [9.17, 15) is 8.42 Å². The molecule has 0 saturated heterocycles. The van der Waals surface area contributed by atoms with E-state index in [1.807, 2.05) is 0 Å². The van der Waals surface area contributed by atoms with Crippen LogP contribution < -0.4 is 0 Å². The highest BCUT2D eigenvalue weighted by atomic mass is 32.3. The van der Waals surface area contributed by atoms with E-state index in [1.54, 1.807) is 0 Å². The summed E-state index contributed by atoms with van der Waals surface area (Å²) in [6.07, 6.45) is 16.1. The molecule has 0 aromatic heterocycles. The van der Waals surface area contributed by atoms with Crippen LogP contribution in [0.3, 0.4) is 0 Å². The average Bonchev–Trinajstić information content (AvgIpc) is 2.38. The minimum absolute atomic E-state index is 0.0938. The van der Waals surface area contributed by atoms with Crippen molar-refractivity contribution >= 4 is 10.4 Å². The Balaban J connectivity index is 3.03. The molecule has 4 nitrogen and oxygen atoms in total. The predicted molar refractivity (Wildman–Crippen MR) is 83.2 cm³/mol. The lowest BCUT2D eigenvalue weighted by molar-refractivity contribution is 0.261. The molecule has 20 heavy (non-hydrogen) atoms. The summed E-state index contributed by atoms with van der Waals surface area (Å²) < 4.78 is 33.2. The zero-order chi connectivity index (χ0) is 15.1.